The van der Waals surface area contributed by atoms with Crippen LogP contribution >= 0.6 is 11.6 Å². The third-order valence-electron chi connectivity index (χ3n) is 6.08. The molecule has 3 aromatic carbocycles. The summed E-state index contributed by atoms with van der Waals surface area (Å²) in [4.78, 5) is 34.6. The lowest BCUT2D eigenvalue weighted by molar-refractivity contribution is 0.0534. The Kier molecular flexibility index (Phi) is 5.90. The number of phenols is 1. The van der Waals surface area contributed by atoms with Crippen molar-refractivity contribution < 1.29 is 14.7 Å². The number of piperazine rings is 1. The number of benzene rings is 3. The molecular formula is C27H22ClN3O3. The van der Waals surface area contributed by atoms with Gasteiger partial charge in [-0.2, -0.15) is 0 Å². The molecule has 1 saturated heterocycles. The summed E-state index contributed by atoms with van der Waals surface area (Å²) in [5.41, 5.74) is 2.95. The van der Waals surface area contributed by atoms with Gasteiger partial charge in [-0.1, -0.05) is 60.1 Å². The number of para-hydroxylation sites is 2. The van der Waals surface area contributed by atoms with Crippen molar-refractivity contribution in [1.82, 2.24) is 14.8 Å². The predicted octanol–water partition coefficient (Wildman–Crippen LogP) is 4.86. The summed E-state index contributed by atoms with van der Waals surface area (Å²) in [6, 6.07) is 23.3. The molecule has 0 radical (unpaired) electrons. The lowest BCUT2D eigenvalue weighted by atomic mass is 10.0. The number of pyridine rings is 1. The van der Waals surface area contributed by atoms with E-state index in [2.05, 4.69) is 0 Å². The number of hydrogen-bond acceptors (Lipinski definition) is 4. The lowest BCUT2D eigenvalue weighted by Gasteiger charge is -2.35. The molecule has 1 aromatic heterocycles. The molecule has 7 heteroatoms. The zero-order valence-electron chi connectivity index (χ0n) is 18.3. The summed E-state index contributed by atoms with van der Waals surface area (Å²) in [5.74, 6) is -0.386. The van der Waals surface area contributed by atoms with Crippen LogP contribution in [0.5, 0.6) is 5.75 Å². The number of fused-ring (bicyclic) bond motifs is 1. The van der Waals surface area contributed by atoms with Gasteiger partial charge in [-0.25, -0.2) is 4.98 Å². The van der Waals surface area contributed by atoms with Crippen molar-refractivity contribution in [1.29, 1.82) is 0 Å². The molecule has 170 valence electrons. The fourth-order valence-corrected chi connectivity index (χ4v) is 4.50. The Balaban J connectivity index is 1.41. The van der Waals surface area contributed by atoms with Gasteiger partial charge in [-0.15, -0.1) is 0 Å². The van der Waals surface area contributed by atoms with Crippen molar-refractivity contribution in [3.8, 4) is 17.0 Å². The molecule has 0 unspecified atom stereocenters. The van der Waals surface area contributed by atoms with Crippen LogP contribution < -0.4 is 0 Å². The Morgan fingerprint density at radius 2 is 1.35 bits per heavy atom. The largest absolute Gasteiger partial charge is 0.507 e. The van der Waals surface area contributed by atoms with Crippen molar-refractivity contribution in [2.75, 3.05) is 26.2 Å². The molecule has 5 rings (SSSR count). The van der Waals surface area contributed by atoms with Crippen LogP contribution in [0.2, 0.25) is 5.02 Å². The highest BCUT2D eigenvalue weighted by Gasteiger charge is 2.28. The first kappa shape index (κ1) is 21.9. The molecular weight excluding hydrogens is 450 g/mol. The van der Waals surface area contributed by atoms with Gasteiger partial charge in [0.1, 0.15) is 5.75 Å². The second kappa shape index (κ2) is 9.15. The van der Waals surface area contributed by atoms with E-state index in [0.29, 0.717) is 42.5 Å². The van der Waals surface area contributed by atoms with Gasteiger partial charge in [0.25, 0.3) is 11.8 Å². The van der Waals surface area contributed by atoms with Crippen LogP contribution in [0.4, 0.5) is 0 Å². The van der Waals surface area contributed by atoms with E-state index in [0.717, 1.165) is 16.5 Å². The molecule has 0 aliphatic carbocycles. The molecule has 1 N–H and O–H groups in total. The smallest absolute Gasteiger partial charge is 0.257 e. The fourth-order valence-electron chi connectivity index (χ4n) is 4.27. The molecule has 0 bridgehead atoms. The highest BCUT2D eigenvalue weighted by molar-refractivity contribution is 6.33. The number of aromatic nitrogens is 1. The van der Waals surface area contributed by atoms with Gasteiger partial charge in [0.15, 0.2) is 0 Å². The van der Waals surface area contributed by atoms with E-state index in [1.165, 1.54) is 6.07 Å². The van der Waals surface area contributed by atoms with Gasteiger partial charge in [-0.05, 0) is 30.3 Å². The first-order chi connectivity index (χ1) is 16.5. The number of carbonyl (C=O) groups excluding carboxylic acids is 2. The molecule has 1 aliphatic rings. The van der Waals surface area contributed by atoms with Crippen molar-refractivity contribution in [2.24, 2.45) is 0 Å². The summed E-state index contributed by atoms with van der Waals surface area (Å²) in [7, 11) is 0. The van der Waals surface area contributed by atoms with Gasteiger partial charge in [0, 0.05) is 42.2 Å². The number of carbonyl (C=O) groups is 2. The van der Waals surface area contributed by atoms with E-state index >= 15 is 0 Å². The predicted molar refractivity (Wildman–Crippen MR) is 132 cm³/mol. The highest BCUT2D eigenvalue weighted by Crippen LogP contribution is 2.30. The van der Waals surface area contributed by atoms with E-state index in [1.54, 1.807) is 40.1 Å². The SMILES string of the molecule is O=C(c1ccccc1O)N1CCN(C(=O)c2cc(-c3ccccc3Cl)nc3ccccc23)CC1. The summed E-state index contributed by atoms with van der Waals surface area (Å²) < 4.78 is 0. The van der Waals surface area contributed by atoms with E-state index < -0.39 is 0 Å². The number of amides is 2. The van der Waals surface area contributed by atoms with Gasteiger partial charge in [-0.3, -0.25) is 9.59 Å². The number of rotatable bonds is 3. The summed E-state index contributed by atoms with van der Waals surface area (Å²) >= 11 is 6.41. The van der Waals surface area contributed by atoms with Crippen molar-refractivity contribution >= 4 is 34.3 Å². The van der Waals surface area contributed by atoms with E-state index in [4.69, 9.17) is 16.6 Å². The average Bonchev–Trinajstić information content (AvgIpc) is 2.88. The second-order valence-electron chi connectivity index (χ2n) is 8.15. The number of halogens is 1. The minimum absolute atomic E-state index is 0.0404. The summed E-state index contributed by atoms with van der Waals surface area (Å²) in [5, 5.41) is 11.4. The normalized spacial score (nSPS) is 13.8. The molecule has 4 aromatic rings. The molecule has 0 spiro atoms. The van der Waals surface area contributed by atoms with Crippen molar-refractivity contribution in [3.05, 3.63) is 95.0 Å². The maximum Gasteiger partial charge on any atom is 0.257 e. The average molecular weight is 472 g/mol. The third kappa shape index (κ3) is 4.08. The van der Waals surface area contributed by atoms with Crippen molar-refractivity contribution in [2.45, 2.75) is 0 Å². The first-order valence-electron chi connectivity index (χ1n) is 11.0. The molecule has 0 atom stereocenters. The Morgan fingerprint density at radius 3 is 2.06 bits per heavy atom. The van der Waals surface area contributed by atoms with E-state index in [9.17, 15) is 14.7 Å². The standard InChI is InChI=1S/C27H22ClN3O3/c28-22-10-4-1-8-19(22)24-17-21(18-7-2-5-11-23(18)29-24)27(34)31-15-13-30(14-16-31)26(33)20-9-3-6-12-25(20)32/h1-12,17,32H,13-16H2. The number of phenolic OH excluding ortho intramolecular Hbond substituents is 1. The van der Waals surface area contributed by atoms with Gasteiger partial charge in [0.05, 0.1) is 22.3 Å². The third-order valence-corrected chi connectivity index (χ3v) is 6.41. The first-order valence-corrected chi connectivity index (χ1v) is 11.4. The summed E-state index contributed by atoms with van der Waals surface area (Å²) in [6.45, 7) is 1.57. The lowest BCUT2D eigenvalue weighted by Crippen LogP contribution is -2.50. The van der Waals surface area contributed by atoms with Crippen LogP contribution in [0.3, 0.4) is 0 Å². The quantitative estimate of drug-likeness (QED) is 0.463. The zero-order chi connectivity index (χ0) is 23.7. The van der Waals surface area contributed by atoms with Gasteiger partial charge >= 0.3 is 0 Å². The Morgan fingerprint density at radius 1 is 0.765 bits per heavy atom. The molecule has 34 heavy (non-hydrogen) atoms. The monoisotopic (exact) mass is 471 g/mol. The Bertz CT molecular complexity index is 1400. The number of aromatic hydroxyl groups is 1. The van der Waals surface area contributed by atoms with Crippen LogP contribution in [-0.4, -0.2) is 57.9 Å². The highest BCUT2D eigenvalue weighted by atomic mass is 35.5. The van der Waals surface area contributed by atoms with Crippen LogP contribution in [0.15, 0.2) is 78.9 Å². The molecule has 1 fully saturated rings. The minimum atomic E-state index is -0.236. The van der Waals surface area contributed by atoms with E-state index in [-0.39, 0.29) is 23.1 Å². The molecule has 2 heterocycles. The maximum absolute atomic E-state index is 13.6. The molecule has 6 nitrogen and oxygen atoms in total. The molecule has 1 aliphatic heterocycles. The maximum atomic E-state index is 13.6. The Hall–Kier alpha value is -3.90. The fraction of sp³-hybridized carbons (Fsp3) is 0.148. The van der Waals surface area contributed by atoms with Crippen LogP contribution in [-0.2, 0) is 0 Å². The molecule has 0 saturated carbocycles. The Labute approximate surface area is 202 Å². The van der Waals surface area contributed by atoms with Crippen LogP contribution in [0, 0.1) is 0 Å². The minimum Gasteiger partial charge on any atom is -0.507 e. The van der Waals surface area contributed by atoms with Crippen LogP contribution in [0.25, 0.3) is 22.2 Å². The van der Waals surface area contributed by atoms with Crippen molar-refractivity contribution in [3.63, 3.8) is 0 Å². The van der Waals surface area contributed by atoms with Crippen LogP contribution in [0.1, 0.15) is 20.7 Å². The summed E-state index contributed by atoms with van der Waals surface area (Å²) in [6.07, 6.45) is 0. The zero-order valence-corrected chi connectivity index (χ0v) is 19.1. The second-order valence-corrected chi connectivity index (χ2v) is 8.56. The number of hydrogen-bond donors (Lipinski definition) is 1. The number of nitrogens with zero attached hydrogens (tertiary/aromatic N) is 3. The van der Waals surface area contributed by atoms with Gasteiger partial charge in [0.2, 0.25) is 0 Å². The topological polar surface area (TPSA) is 73.7 Å². The van der Waals surface area contributed by atoms with Gasteiger partial charge < -0.3 is 14.9 Å². The molecule has 2 amide bonds. The van der Waals surface area contributed by atoms with E-state index in [1.807, 2.05) is 42.5 Å².